The minimum atomic E-state index is 0.346. The van der Waals surface area contributed by atoms with Gasteiger partial charge in [0.05, 0.1) is 0 Å². The van der Waals surface area contributed by atoms with Crippen LogP contribution in [0, 0.1) is 12.3 Å². The molecule has 5 heteroatoms. The number of likely N-dealkylation sites (tertiary alicyclic amines) is 1. The average molecular weight is 273 g/mol. The van der Waals surface area contributed by atoms with Crippen LogP contribution in [0.25, 0.3) is 5.65 Å². The highest BCUT2D eigenvalue weighted by Gasteiger charge is 2.28. The van der Waals surface area contributed by atoms with Crippen molar-refractivity contribution in [3.8, 4) is 0 Å². The predicted molar refractivity (Wildman–Crippen MR) is 81.1 cm³/mol. The summed E-state index contributed by atoms with van der Waals surface area (Å²) in [5.74, 6) is 0.736. The van der Waals surface area contributed by atoms with Crippen LogP contribution in [0.3, 0.4) is 0 Å². The summed E-state index contributed by atoms with van der Waals surface area (Å²) in [5, 5.41) is 7.95. The fourth-order valence-electron chi connectivity index (χ4n) is 2.74. The molecule has 3 rings (SSSR count). The fraction of sp³-hybridized carbons (Fsp3) is 0.600. The first-order valence-corrected chi connectivity index (χ1v) is 7.31. The largest absolute Gasteiger partial charge is 0.352 e. The van der Waals surface area contributed by atoms with Crippen LogP contribution in [-0.2, 0) is 0 Å². The number of aromatic nitrogens is 3. The third-order valence-electron chi connectivity index (χ3n) is 4.42. The Balaban J connectivity index is 1.69. The van der Waals surface area contributed by atoms with Crippen molar-refractivity contribution in [3.63, 3.8) is 0 Å². The summed E-state index contributed by atoms with van der Waals surface area (Å²) in [6.45, 7) is 7.69. The van der Waals surface area contributed by atoms with E-state index >= 15 is 0 Å². The zero-order chi connectivity index (χ0) is 14.2. The van der Waals surface area contributed by atoms with Crippen LogP contribution in [0.15, 0.2) is 18.2 Å². The van der Waals surface area contributed by atoms with Crippen LogP contribution >= 0.6 is 0 Å². The lowest BCUT2D eigenvalue weighted by molar-refractivity contribution is 0.150. The zero-order valence-corrected chi connectivity index (χ0v) is 12.6. The predicted octanol–water partition coefficient (Wildman–Crippen LogP) is 2.18. The Morgan fingerprint density at radius 1 is 1.30 bits per heavy atom. The standard InChI is InChI=1S/C15H23N5/c1-12-5-4-6-13-17-14(18-20(12)13)16-11-15(2)7-9-19(3)10-8-15/h4-6H,7-11H2,1-3H3,(H,16,18). The first-order valence-electron chi connectivity index (χ1n) is 7.31. The second-order valence-electron chi connectivity index (χ2n) is 6.34. The highest BCUT2D eigenvalue weighted by atomic mass is 15.4. The Hall–Kier alpha value is -1.62. The number of aryl methyl sites for hydroxylation is 1. The molecule has 20 heavy (non-hydrogen) atoms. The lowest BCUT2D eigenvalue weighted by Crippen LogP contribution is -2.40. The van der Waals surface area contributed by atoms with Crippen LogP contribution in [0.1, 0.15) is 25.5 Å². The van der Waals surface area contributed by atoms with Gasteiger partial charge in [-0.05, 0) is 57.5 Å². The summed E-state index contributed by atoms with van der Waals surface area (Å²) in [7, 11) is 2.19. The van der Waals surface area contributed by atoms with Crippen molar-refractivity contribution < 1.29 is 0 Å². The minimum absolute atomic E-state index is 0.346. The number of fused-ring (bicyclic) bond motifs is 1. The molecule has 5 nitrogen and oxygen atoms in total. The van der Waals surface area contributed by atoms with Gasteiger partial charge < -0.3 is 10.2 Å². The molecule has 0 atom stereocenters. The van der Waals surface area contributed by atoms with Crippen LogP contribution in [0.4, 0.5) is 5.95 Å². The fourth-order valence-corrected chi connectivity index (χ4v) is 2.74. The van der Waals surface area contributed by atoms with E-state index in [1.165, 1.54) is 25.9 Å². The molecule has 1 aliphatic rings. The number of anilines is 1. The smallest absolute Gasteiger partial charge is 0.243 e. The van der Waals surface area contributed by atoms with Gasteiger partial charge in [-0.1, -0.05) is 13.0 Å². The van der Waals surface area contributed by atoms with E-state index < -0.39 is 0 Å². The van der Waals surface area contributed by atoms with Gasteiger partial charge in [0, 0.05) is 12.2 Å². The average Bonchev–Trinajstić information content (AvgIpc) is 2.85. The molecular weight excluding hydrogens is 250 g/mol. The summed E-state index contributed by atoms with van der Waals surface area (Å²) >= 11 is 0. The van der Waals surface area contributed by atoms with Gasteiger partial charge in [0.1, 0.15) is 0 Å². The third-order valence-corrected chi connectivity index (χ3v) is 4.42. The lowest BCUT2D eigenvalue weighted by Gasteiger charge is -2.37. The lowest BCUT2D eigenvalue weighted by atomic mass is 9.80. The quantitative estimate of drug-likeness (QED) is 0.931. The maximum atomic E-state index is 4.53. The van der Waals surface area contributed by atoms with Gasteiger partial charge in [-0.2, -0.15) is 4.98 Å². The third kappa shape index (κ3) is 2.63. The van der Waals surface area contributed by atoms with Crippen molar-refractivity contribution in [2.24, 2.45) is 5.41 Å². The van der Waals surface area contributed by atoms with Gasteiger partial charge in [0.2, 0.25) is 5.95 Å². The van der Waals surface area contributed by atoms with E-state index in [-0.39, 0.29) is 0 Å². The molecule has 1 N–H and O–H groups in total. The van der Waals surface area contributed by atoms with Gasteiger partial charge in [-0.3, -0.25) is 0 Å². The molecule has 108 valence electrons. The number of pyridine rings is 1. The second kappa shape index (κ2) is 5.05. The monoisotopic (exact) mass is 273 g/mol. The zero-order valence-electron chi connectivity index (χ0n) is 12.6. The van der Waals surface area contributed by atoms with Gasteiger partial charge in [-0.25, -0.2) is 4.52 Å². The van der Waals surface area contributed by atoms with E-state index in [4.69, 9.17) is 0 Å². The Morgan fingerprint density at radius 2 is 2.05 bits per heavy atom. The topological polar surface area (TPSA) is 45.5 Å². The molecule has 2 aromatic rings. The van der Waals surface area contributed by atoms with Crippen molar-refractivity contribution in [1.82, 2.24) is 19.5 Å². The van der Waals surface area contributed by atoms with Crippen molar-refractivity contribution >= 4 is 11.6 Å². The number of hydrogen-bond donors (Lipinski definition) is 1. The molecule has 1 fully saturated rings. The van der Waals surface area contributed by atoms with E-state index in [0.29, 0.717) is 5.41 Å². The Kier molecular flexibility index (Phi) is 3.38. The number of nitrogens with zero attached hydrogens (tertiary/aromatic N) is 4. The number of nitrogens with one attached hydrogen (secondary N) is 1. The van der Waals surface area contributed by atoms with E-state index in [1.54, 1.807) is 0 Å². The number of piperidine rings is 1. The molecule has 0 amide bonds. The molecule has 2 aromatic heterocycles. The number of rotatable bonds is 3. The van der Waals surface area contributed by atoms with Crippen molar-refractivity contribution in [1.29, 1.82) is 0 Å². The minimum Gasteiger partial charge on any atom is -0.352 e. The van der Waals surface area contributed by atoms with Crippen molar-refractivity contribution in [2.75, 3.05) is 32.0 Å². The molecule has 0 unspecified atom stereocenters. The van der Waals surface area contributed by atoms with E-state index in [9.17, 15) is 0 Å². The first-order chi connectivity index (χ1) is 9.56. The first kappa shape index (κ1) is 13.4. The Bertz CT molecular complexity index is 595. The van der Waals surface area contributed by atoms with Gasteiger partial charge in [0.25, 0.3) is 0 Å². The highest BCUT2D eigenvalue weighted by Crippen LogP contribution is 2.30. The Labute approximate surface area is 120 Å². The Morgan fingerprint density at radius 3 is 2.75 bits per heavy atom. The molecule has 1 saturated heterocycles. The normalized spacial score (nSPS) is 19.4. The van der Waals surface area contributed by atoms with E-state index in [2.05, 4.69) is 34.3 Å². The summed E-state index contributed by atoms with van der Waals surface area (Å²) in [5.41, 5.74) is 2.36. The van der Waals surface area contributed by atoms with Gasteiger partial charge in [0.15, 0.2) is 5.65 Å². The molecule has 0 radical (unpaired) electrons. The van der Waals surface area contributed by atoms with Gasteiger partial charge in [-0.15, -0.1) is 5.10 Å². The second-order valence-corrected chi connectivity index (χ2v) is 6.34. The van der Waals surface area contributed by atoms with Crippen LogP contribution in [0.2, 0.25) is 0 Å². The summed E-state index contributed by atoms with van der Waals surface area (Å²) < 4.78 is 1.89. The van der Waals surface area contributed by atoms with E-state index in [1.807, 2.05) is 29.6 Å². The van der Waals surface area contributed by atoms with E-state index in [0.717, 1.165) is 23.8 Å². The molecule has 0 aliphatic carbocycles. The molecule has 0 spiro atoms. The summed E-state index contributed by atoms with van der Waals surface area (Å²) in [4.78, 5) is 6.93. The molecule has 0 bridgehead atoms. The van der Waals surface area contributed by atoms with Gasteiger partial charge >= 0.3 is 0 Å². The molecule has 1 aliphatic heterocycles. The van der Waals surface area contributed by atoms with Crippen molar-refractivity contribution in [3.05, 3.63) is 23.9 Å². The number of hydrogen-bond acceptors (Lipinski definition) is 4. The maximum absolute atomic E-state index is 4.53. The summed E-state index contributed by atoms with van der Waals surface area (Å²) in [6, 6.07) is 6.05. The maximum Gasteiger partial charge on any atom is 0.243 e. The van der Waals surface area contributed by atoms with Crippen LogP contribution in [-0.4, -0.2) is 46.2 Å². The molecule has 3 heterocycles. The molecular formula is C15H23N5. The SMILES string of the molecule is Cc1cccc2nc(NCC3(C)CCN(C)CC3)nn12. The van der Waals surface area contributed by atoms with Crippen molar-refractivity contribution in [2.45, 2.75) is 26.7 Å². The van der Waals surface area contributed by atoms with Crippen LogP contribution in [0.5, 0.6) is 0 Å². The van der Waals surface area contributed by atoms with Crippen LogP contribution < -0.4 is 5.32 Å². The summed E-state index contributed by atoms with van der Waals surface area (Å²) in [6.07, 6.45) is 2.45. The molecule has 0 aromatic carbocycles. The highest BCUT2D eigenvalue weighted by molar-refractivity contribution is 5.44. The molecule has 0 saturated carbocycles.